The Morgan fingerprint density at radius 2 is 2.24 bits per heavy atom. The van der Waals surface area contributed by atoms with Crippen molar-refractivity contribution < 1.29 is 9.50 Å². The number of rotatable bonds is 3. The fourth-order valence-corrected chi connectivity index (χ4v) is 2.84. The monoisotopic (exact) mass is 256 g/mol. The number of hydrogen-bond acceptors (Lipinski definition) is 1. The second-order valence-electron chi connectivity index (χ2n) is 5.19. The van der Waals surface area contributed by atoms with Gasteiger partial charge >= 0.3 is 0 Å². The smallest absolute Gasteiger partial charge is 0.127 e. The Balaban J connectivity index is 2.00. The summed E-state index contributed by atoms with van der Waals surface area (Å²) in [5, 5.41) is 10.5. The van der Waals surface area contributed by atoms with Crippen molar-refractivity contribution in [3.63, 3.8) is 0 Å². The number of hydrogen-bond donors (Lipinski definition) is 1. The van der Waals surface area contributed by atoms with Crippen molar-refractivity contribution in [3.8, 4) is 0 Å². The molecule has 0 spiro atoms. The lowest BCUT2D eigenvalue weighted by atomic mass is 9.94. The highest BCUT2D eigenvalue weighted by atomic mass is 35.5. The average molecular weight is 257 g/mol. The number of halogens is 2. The van der Waals surface area contributed by atoms with Crippen molar-refractivity contribution in [2.24, 2.45) is 11.8 Å². The van der Waals surface area contributed by atoms with Crippen LogP contribution in [0.4, 0.5) is 4.39 Å². The Kier molecular flexibility index (Phi) is 4.05. The van der Waals surface area contributed by atoms with Gasteiger partial charge in [0.25, 0.3) is 0 Å². The Labute approximate surface area is 107 Å². The van der Waals surface area contributed by atoms with Crippen LogP contribution in [-0.2, 0) is 6.42 Å². The van der Waals surface area contributed by atoms with Crippen molar-refractivity contribution in [3.05, 3.63) is 34.6 Å². The normalized spacial score (nSPS) is 26.1. The lowest BCUT2D eigenvalue weighted by Crippen LogP contribution is -2.21. The van der Waals surface area contributed by atoms with Crippen molar-refractivity contribution in [1.29, 1.82) is 0 Å². The first-order chi connectivity index (χ1) is 8.06. The highest BCUT2D eigenvalue weighted by Crippen LogP contribution is 2.33. The second-order valence-corrected chi connectivity index (χ2v) is 5.62. The van der Waals surface area contributed by atoms with E-state index in [1.54, 1.807) is 12.1 Å². The molecule has 3 unspecified atom stereocenters. The summed E-state index contributed by atoms with van der Waals surface area (Å²) in [6, 6.07) is 4.64. The van der Waals surface area contributed by atoms with Gasteiger partial charge in [0.2, 0.25) is 0 Å². The highest BCUT2D eigenvalue weighted by molar-refractivity contribution is 6.30. The van der Waals surface area contributed by atoms with Crippen LogP contribution < -0.4 is 0 Å². The zero-order valence-electron chi connectivity index (χ0n) is 10.00. The lowest BCUT2D eigenvalue weighted by molar-refractivity contribution is 0.108. The molecule has 1 nitrogen and oxygen atoms in total. The van der Waals surface area contributed by atoms with Gasteiger partial charge in [0, 0.05) is 11.4 Å². The predicted octanol–water partition coefficient (Wildman–Crippen LogP) is 3.82. The van der Waals surface area contributed by atoms with Crippen LogP contribution in [0.1, 0.15) is 31.7 Å². The van der Waals surface area contributed by atoms with Gasteiger partial charge in [0.1, 0.15) is 5.82 Å². The van der Waals surface area contributed by atoms with E-state index in [-0.39, 0.29) is 5.82 Å². The maximum absolute atomic E-state index is 13.6. The maximum atomic E-state index is 13.6. The van der Waals surface area contributed by atoms with E-state index >= 15 is 0 Å². The van der Waals surface area contributed by atoms with Gasteiger partial charge in [-0.1, -0.05) is 31.0 Å². The third-order valence-electron chi connectivity index (χ3n) is 3.72. The van der Waals surface area contributed by atoms with Crippen LogP contribution in [0.15, 0.2) is 18.2 Å². The van der Waals surface area contributed by atoms with Gasteiger partial charge in [0.15, 0.2) is 0 Å². The summed E-state index contributed by atoms with van der Waals surface area (Å²) in [6.07, 6.45) is 3.23. The number of aliphatic hydroxyl groups is 1. The molecule has 2 rings (SSSR count). The molecule has 1 aromatic rings. The largest absolute Gasteiger partial charge is 0.392 e. The molecule has 1 aliphatic rings. The van der Waals surface area contributed by atoms with Gasteiger partial charge in [-0.3, -0.25) is 0 Å². The summed E-state index contributed by atoms with van der Waals surface area (Å²) >= 11 is 5.70. The molecule has 3 atom stereocenters. The summed E-state index contributed by atoms with van der Waals surface area (Å²) in [4.78, 5) is 0. The number of aliphatic hydroxyl groups excluding tert-OH is 1. The molecule has 1 saturated carbocycles. The molecule has 0 saturated heterocycles. The Bertz CT molecular complexity index is 394. The molecule has 0 bridgehead atoms. The fourth-order valence-electron chi connectivity index (χ4n) is 2.68. The summed E-state index contributed by atoms with van der Waals surface area (Å²) in [6.45, 7) is 2.20. The van der Waals surface area contributed by atoms with E-state index in [4.69, 9.17) is 11.6 Å². The minimum Gasteiger partial charge on any atom is -0.392 e. The average Bonchev–Trinajstić information content (AvgIpc) is 2.69. The van der Waals surface area contributed by atoms with E-state index in [1.165, 1.54) is 12.5 Å². The minimum atomic E-state index is -0.435. The molecule has 0 aliphatic heterocycles. The lowest BCUT2D eigenvalue weighted by Gasteiger charge is -2.18. The first-order valence-electron chi connectivity index (χ1n) is 6.18. The first kappa shape index (κ1) is 12.8. The topological polar surface area (TPSA) is 20.2 Å². The van der Waals surface area contributed by atoms with Crippen LogP contribution in [0, 0.1) is 17.7 Å². The van der Waals surface area contributed by atoms with E-state index in [9.17, 15) is 9.50 Å². The summed E-state index contributed by atoms with van der Waals surface area (Å²) in [5.41, 5.74) is 0.557. The van der Waals surface area contributed by atoms with Crippen molar-refractivity contribution in [2.45, 2.75) is 38.7 Å². The van der Waals surface area contributed by atoms with Gasteiger partial charge in [-0.05, 0) is 42.4 Å². The summed E-state index contributed by atoms with van der Waals surface area (Å²) in [7, 11) is 0. The molecule has 0 radical (unpaired) electrons. The van der Waals surface area contributed by atoms with E-state index < -0.39 is 6.10 Å². The molecule has 0 aromatic heterocycles. The van der Waals surface area contributed by atoms with Crippen molar-refractivity contribution in [2.75, 3.05) is 0 Å². The maximum Gasteiger partial charge on any atom is 0.127 e. The van der Waals surface area contributed by atoms with Gasteiger partial charge < -0.3 is 5.11 Å². The Hall–Kier alpha value is -0.600. The van der Waals surface area contributed by atoms with Crippen molar-refractivity contribution in [1.82, 2.24) is 0 Å². The van der Waals surface area contributed by atoms with Crippen LogP contribution in [0.5, 0.6) is 0 Å². The second kappa shape index (κ2) is 5.36. The molecule has 17 heavy (non-hydrogen) atoms. The van der Waals surface area contributed by atoms with Gasteiger partial charge in [-0.2, -0.15) is 0 Å². The fraction of sp³-hybridized carbons (Fsp3) is 0.571. The standard InChI is InChI=1S/C14H18ClFO/c1-9-2-3-11(6-9)14(17)7-10-4-5-12(15)8-13(10)16/h4-5,8-9,11,14,17H,2-3,6-7H2,1H3. The first-order valence-corrected chi connectivity index (χ1v) is 6.56. The molecule has 1 fully saturated rings. The zero-order valence-corrected chi connectivity index (χ0v) is 10.8. The van der Waals surface area contributed by atoms with E-state index in [2.05, 4.69) is 6.92 Å². The molecular weight excluding hydrogens is 239 g/mol. The summed E-state index contributed by atoms with van der Waals surface area (Å²) < 4.78 is 13.6. The quantitative estimate of drug-likeness (QED) is 0.872. The zero-order chi connectivity index (χ0) is 12.4. The van der Waals surface area contributed by atoms with Crippen LogP contribution in [0.3, 0.4) is 0 Å². The van der Waals surface area contributed by atoms with Gasteiger partial charge in [0.05, 0.1) is 6.10 Å². The van der Waals surface area contributed by atoms with Gasteiger partial charge in [-0.25, -0.2) is 4.39 Å². The number of benzene rings is 1. The predicted molar refractivity (Wildman–Crippen MR) is 67.6 cm³/mol. The Morgan fingerprint density at radius 3 is 2.82 bits per heavy atom. The minimum absolute atomic E-state index is 0.317. The summed E-state index contributed by atoms with van der Waals surface area (Å²) in [5.74, 6) is 0.687. The van der Waals surface area contributed by atoms with E-state index in [1.807, 2.05) is 0 Å². The molecule has 1 aromatic carbocycles. The molecule has 1 aliphatic carbocycles. The van der Waals surface area contributed by atoms with Crippen molar-refractivity contribution >= 4 is 11.6 Å². The van der Waals surface area contributed by atoms with E-state index in [0.717, 1.165) is 12.8 Å². The van der Waals surface area contributed by atoms with Crippen LogP contribution in [-0.4, -0.2) is 11.2 Å². The van der Waals surface area contributed by atoms with Crippen LogP contribution in [0.25, 0.3) is 0 Å². The van der Waals surface area contributed by atoms with E-state index in [0.29, 0.717) is 28.8 Å². The SMILES string of the molecule is CC1CCC(C(O)Cc2ccc(Cl)cc2F)C1. The third kappa shape index (κ3) is 3.20. The molecule has 1 N–H and O–H groups in total. The third-order valence-corrected chi connectivity index (χ3v) is 3.96. The molecule has 94 valence electrons. The molecule has 0 amide bonds. The van der Waals surface area contributed by atoms with Crippen LogP contribution in [0.2, 0.25) is 5.02 Å². The van der Waals surface area contributed by atoms with Crippen LogP contribution >= 0.6 is 11.6 Å². The highest BCUT2D eigenvalue weighted by Gasteiger charge is 2.27. The molecule has 3 heteroatoms. The molecule has 0 heterocycles. The molecular formula is C14H18ClFO. The van der Waals surface area contributed by atoms with Gasteiger partial charge in [-0.15, -0.1) is 0 Å². The Morgan fingerprint density at radius 1 is 1.47 bits per heavy atom.